The van der Waals surface area contributed by atoms with Gasteiger partial charge in [0, 0.05) is 13.1 Å². The molecule has 3 aromatic rings. The summed E-state index contributed by atoms with van der Waals surface area (Å²) in [4.78, 5) is 28.1. The van der Waals surface area contributed by atoms with E-state index >= 15 is 0 Å². The van der Waals surface area contributed by atoms with Crippen LogP contribution < -0.4 is 9.62 Å². The zero-order valence-corrected chi connectivity index (χ0v) is 22.9. The Morgan fingerprint density at radius 1 is 0.865 bits per heavy atom. The third kappa shape index (κ3) is 6.77. The number of amides is 2. The number of nitrogens with zero attached hydrogens (tertiary/aromatic N) is 2. The normalized spacial score (nSPS) is 12.0. The van der Waals surface area contributed by atoms with Crippen LogP contribution in [0.5, 0.6) is 0 Å². The Hall–Kier alpha value is -3.65. The molecule has 0 saturated heterocycles. The minimum absolute atomic E-state index is 0.0935. The van der Waals surface area contributed by atoms with Crippen molar-refractivity contribution in [2.45, 2.75) is 52.1 Å². The topological polar surface area (TPSA) is 86.8 Å². The van der Waals surface area contributed by atoms with Gasteiger partial charge in [0.1, 0.15) is 12.6 Å². The van der Waals surface area contributed by atoms with Crippen LogP contribution in [0.3, 0.4) is 0 Å². The minimum atomic E-state index is -4.07. The summed E-state index contributed by atoms with van der Waals surface area (Å²) >= 11 is 0. The van der Waals surface area contributed by atoms with Crippen molar-refractivity contribution < 1.29 is 18.0 Å². The Labute approximate surface area is 220 Å². The van der Waals surface area contributed by atoms with E-state index in [2.05, 4.69) is 5.32 Å². The average Bonchev–Trinajstić information content (AvgIpc) is 2.87. The number of benzene rings is 3. The quantitative estimate of drug-likeness (QED) is 0.430. The van der Waals surface area contributed by atoms with Crippen molar-refractivity contribution in [3.05, 3.63) is 95.1 Å². The van der Waals surface area contributed by atoms with Gasteiger partial charge in [-0.3, -0.25) is 13.9 Å². The van der Waals surface area contributed by atoms with E-state index in [0.29, 0.717) is 17.8 Å². The van der Waals surface area contributed by atoms with Crippen molar-refractivity contribution in [3.8, 4) is 0 Å². The third-order valence-electron chi connectivity index (χ3n) is 6.26. The van der Waals surface area contributed by atoms with Crippen LogP contribution in [0.25, 0.3) is 0 Å². The molecule has 0 aliphatic carbocycles. The van der Waals surface area contributed by atoms with Crippen LogP contribution in [0.1, 0.15) is 36.1 Å². The fourth-order valence-corrected chi connectivity index (χ4v) is 5.47. The molecular weight excluding hydrogens is 486 g/mol. The molecular formula is C29H35N3O4S. The van der Waals surface area contributed by atoms with Crippen molar-refractivity contribution in [3.63, 3.8) is 0 Å². The van der Waals surface area contributed by atoms with Crippen molar-refractivity contribution >= 4 is 27.5 Å². The third-order valence-corrected chi connectivity index (χ3v) is 8.04. The number of nitrogens with one attached hydrogen (secondary N) is 1. The lowest BCUT2D eigenvalue weighted by molar-refractivity contribution is -0.139. The van der Waals surface area contributed by atoms with Gasteiger partial charge in [0.05, 0.1) is 10.6 Å². The van der Waals surface area contributed by atoms with Crippen LogP contribution in [-0.4, -0.2) is 44.3 Å². The minimum Gasteiger partial charge on any atom is -0.355 e. The molecule has 0 bridgehead atoms. The Morgan fingerprint density at radius 3 is 2.00 bits per heavy atom. The summed E-state index contributed by atoms with van der Waals surface area (Å²) < 4.78 is 28.8. The fraction of sp³-hybridized carbons (Fsp3) is 0.310. The first-order valence-electron chi connectivity index (χ1n) is 12.3. The second kappa shape index (κ2) is 12.1. The Bertz CT molecular complexity index is 1340. The highest BCUT2D eigenvalue weighted by Crippen LogP contribution is 2.27. The van der Waals surface area contributed by atoms with Crippen LogP contribution in [-0.2, 0) is 26.2 Å². The first kappa shape index (κ1) is 27.9. The molecule has 0 saturated carbocycles. The smallest absolute Gasteiger partial charge is 0.264 e. The van der Waals surface area contributed by atoms with E-state index < -0.39 is 28.5 Å². The maximum Gasteiger partial charge on any atom is 0.264 e. The van der Waals surface area contributed by atoms with Gasteiger partial charge in [0.25, 0.3) is 10.0 Å². The van der Waals surface area contributed by atoms with Crippen LogP contribution in [0, 0.1) is 20.8 Å². The number of anilines is 1. The van der Waals surface area contributed by atoms with Gasteiger partial charge in [-0.15, -0.1) is 0 Å². The molecule has 0 spiro atoms. The molecule has 0 heterocycles. The highest BCUT2D eigenvalue weighted by molar-refractivity contribution is 7.92. The molecule has 3 rings (SSSR count). The van der Waals surface area contributed by atoms with Gasteiger partial charge in [0.2, 0.25) is 11.8 Å². The van der Waals surface area contributed by atoms with Gasteiger partial charge in [-0.2, -0.15) is 0 Å². The van der Waals surface area contributed by atoms with Gasteiger partial charge in [-0.25, -0.2) is 8.42 Å². The average molecular weight is 522 g/mol. The highest BCUT2D eigenvalue weighted by Gasteiger charge is 2.32. The molecule has 3 aromatic carbocycles. The molecule has 0 aliphatic rings. The number of aryl methyl sites for hydroxylation is 3. The number of rotatable bonds is 10. The van der Waals surface area contributed by atoms with Crippen LogP contribution in [0.4, 0.5) is 5.69 Å². The van der Waals surface area contributed by atoms with E-state index in [1.807, 2.05) is 51.1 Å². The Balaban J connectivity index is 2.03. The van der Waals surface area contributed by atoms with Crippen LogP contribution >= 0.6 is 0 Å². The summed E-state index contributed by atoms with van der Waals surface area (Å²) in [5.74, 6) is -0.773. The number of para-hydroxylation sites is 1. The zero-order valence-electron chi connectivity index (χ0n) is 22.1. The monoisotopic (exact) mass is 521 g/mol. The zero-order chi connectivity index (χ0) is 27.2. The van der Waals surface area contributed by atoms with Gasteiger partial charge in [-0.1, -0.05) is 65.7 Å². The highest BCUT2D eigenvalue weighted by atomic mass is 32.2. The summed E-state index contributed by atoms with van der Waals surface area (Å²) in [7, 11) is -4.07. The molecule has 8 heteroatoms. The van der Waals surface area contributed by atoms with E-state index in [1.165, 1.54) is 4.90 Å². The maximum atomic E-state index is 13.8. The fourth-order valence-electron chi connectivity index (χ4n) is 3.99. The van der Waals surface area contributed by atoms with Gasteiger partial charge in [-0.05, 0) is 63.9 Å². The van der Waals surface area contributed by atoms with Crippen LogP contribution in [0.2, 0.25) is 0 Å². The van der Waals surface area contributed by atoms with E-state index in [9.17, 15) is 18.0 Å². The number of hydrogen-bond donors (Lipinski definition) is 1. The molecule has 2 amide bonds. The second-order valence-corrected chi connectivity index (χ2v) is 11.1. The summed E-state index contributed by atoms with van der Waals surface area (Å²) in [5, 5.41) is 2.77. The number of sulfonamides is 1. The first-order chi connectivity index (χ1) is 17.5. The number of hydrogen-bond acceptors (Lipinski definition) is 4. The molecule has 7 nitrogen and oxygen atoms in total. The second-order valence-electron chi connectivity index (χ2n) is 9.19. The SMILES string of the molecule is CCNC(=O)[C@H](C)N(Cc1ccc(C)cc1)C(=O)CN(c1ccccc1C)S(=O)(=O)c1ccc(C)cc1. The van der Waals surface area contributed by atoms with Crippen LogP contribution in [0.15, 0.2) is 77.7 Å². The number of carbonyl (C=O) groups excluding carboxylic acids is 2. The molecule has 196 valence electrons. The lowest BCUT2D eigenvalue weighted by Crippen LogP contribution is -2.51. The van der Waals surface area contributed by atoms with Crippen molar-refractivity contribution in [1.82, 2.24) is 10.2 Å². The summed E-state index contributed by atoms with van der Waals surface area (Å²) in [6.45, 7) is 9.27. The lowest BCUT2D eigenvalue weighted by atomic mass is 10.1. The molecule has 37 heavy (non-hydrogen) atoms. The molecule has 0 aliphatic heterocycles. The van der Waals surface area contributed by atoms with Gasteiger partial charge < -0.3 is 10.2 Å². The predicted octanol–water partition coefficient (Wildman–Crippen LogP) is 4.36. The Morgan fingerprint density at radius 2 is 1.43 bits per heavy atom. The number of likely N-dealkylation sites (N-methyl/N-ethyl adjacent to an activating group) is 1. The summed E-state index contributed by atoms with van der Waals surface area (Å²) in [5.41, 5.74) is 3.98. The molecule has 0 radical (unpaired) electrons. The molecule has 1 atom stereocenters. The van der Waals surface area contributed by atoms with E-state index in [-0.39, 0.29) is 17.3 Å². The van der Waals surface area contributed by atoms with Gasteiger partial charge in [0.15, 0.2) is 0 Å². The number of carbonyl (C=O) groups is 2. The predicted molar refractivity (Wildman–Crippen MR) is 147 cm³/mol. The molecule has 0 unspecified atom stereocenters. The molecule has 0 fully saturated rings. The summed E-state index contributed by atoms with van der Waals surface area (Å²) in [6, 6.07) is 20.5. The van der Waals surface area contributed by atoms with Gasteiger partial charge >= 0.3 is 0 Å². The largest absolute Gasteiger partial charge is 0.355 e. The summed E-state index contributed by atoms with van der Waals surface area (Å²) in [6.07, 6.45) is 0. The van der Waals surface area contributed by atoms with E-state index in [4.69, 9.17) is 0 Å². The maximum absolute atomic E-state index is 13.8. The van der Waals surface area contributed by atoms with Crippen molar-refractivity contribution in [2.75, 3.05) is 17.4 Å². The molecule has 0 aromatic heterocycles. The van der Waals surface area contributed by atoms with Crippen molar-refractivity contribution in [1.29, 1.82) is 0 Å². The van der Waals surface area contributed by atoms with E-state index in [1.54, 1.807) is 56.3 Å². The molecule has 1 N–H and O–H groups in total. The Kier molecular flexibility index (Phi) is 9.10. The standard InChI is InChI=1S/C29H35N3O4S/c1-6-30-29(34)24(5)31(19-25-15-11-21(2)12-16-25)28(33)20-32(27-10-8-7-9-23(27)4)37(35,36)26-17-13-22(3)14-18-26/h7-18,24H,6,19-20H2,1-5H3,(H,30,34)/t24-/m0/s1. The van der Waals surface area contributed by atoms with E-state index in [0.717, 1.165) is 21.0 Å². The van der Waals surface area contributed by atoms with Crippen molar-refractivity contribution in [2.24, 2.45) is 0 Å². The first-order valence-corrected chi connectivity index (χ1v) is 13.8. The lowest BCUT2D eigenvalue weighted by Gasteiger charge is -2.32.